The molecule has 3 aromatic rings. The molecule has 1 aromatic heterocycles. The van der Waals surface area contributed by atoms with Crippen LogP contribution in [0.5, 0.6) is 0 Å². The van der Waals surface area contributed by atoms with E-state index in [1.54, 1.807) is 5.82 Å². The van der Waals surface area contributed by atoms with Gasteiger partial charge in [0.05, 0.1) is 13.1 Å². The van der Waals surface area contributed by atoms with Gasteiger partial charge in [0.15, 0.2) is 0 Å². The molecule has 1 unspecified atom stereocenters. The van der Waals surface area contributed by atoms with Crippen molar-refractivity contribution >= 4 is 0 Å². The summed E-state index contributed by atoms with van der Waals surface area (Å²) < 4.78 is 5.25. The van der Waals surface area contributed by atoms with E-state index < -0.39 is 0 Å². The number of benzene rings is 2. The van der Waals surface area contributed by atoms with Crippen LogP contribution in [0.25, 0.3) is 0 Å². The van der Waals surface area contributed by atoms with Gasteiger partial charge in [-0.1, -0.05) is 197 Å². The topological polar surface area (TPSA) is 8.81 Å². The third-order valence-corrected chi connectivity index (χ3v) is 10.3. The van der Waals surface area contributed by atoms with Crippen LogP contribution >= 0.6 is 0 Å². The van der Waals surface area contributed by atoms with Crippen LogP contribution in [-0.4, -0.2) is 4.57 Å². The Bertz CT molecular complexity index is 1120. The van der Waals surface area contributed by atoms with Gasteiger partial charge in [-0.2, -0.15) is 0 Å². The molecule has 0 N–H and O–H groups in total. The first-order chi connectivity index (χ1) is 22.7. The fourth-order valence-electron chi connectivity index (χ4n) is 7.36. The van der Waals surface area contributed by atoms with Crippen molar-refractivity contribution in [2.45, 2.75) is 187 Å². The maximum Gasteiger partial charge on any atom is 0.256 e. The number of rotatable bonds is 28. The van der Waals surface area contributed by atoms with E-state index >= 15 is 0 Å². The largest absolute Gasteiger partial charge is 0.256 e. The SMILES string of the molecule is CCCCCCCCCCCCCCn1cc[n+](CC(C)(Cc2ccccc2)c2ccccc2)c1CCCCCCCCCCC. The number of aryl methyl sites for hydroxylation is 1. The number of hydrogen-bond acceptors (Lipinski definition) is 0. The molecule has 1 atom stereocenters. The van der Waals surface area contributed by atoms with E-state index in [4.69, 9.17) is 0 Å². The third-order valence-electron chi connectivity index (χ3n) is 10.3. The van der Waals surface area contributed by atoms with Crippen molar-refractivity contribution in [3.63, 3.8) is 0 Å². The zero-order valence-corrected chi connectivity index (χ0v) is 30.5. The summed E-state index contributed by atoms with van der Waals surface area (Å²) in [7, 11) is 0. The molecule has 0 aliphatic carbocycles. The smallest absolute Gasteiger partial charge is 0.234 e. The lowest BCUT2D eigenvalue weighted by molar-refractivity contribution is -0.711. The Morgan fingerprint density at radius 1 is 0.543 bits per heavy atom. The first-order valence-electron chi connectivity index (χ1n) is 19.8. The van der Waals surface area contributed by atoms with Crippen molar-refractivity contribution < 1.29 is 4.57 Å². The van der Waals surface area contributed by atoms with Gasteiger partial charge in [0.1, 0.15) is 12.4 Å². The summed E-state index contributed by atoms with van der Waals surface area (Å²) in [4.78, 5) is 0. The monoisotopic (exact) mass is 628 g/mol. The summed E-state index contributed by atoms with van der Waals surface area (Å²) in [5, 5.41) is 0. The zero-order chi connectivity index (χ0) is 32.5. The predicted molar refractivity (Wildman–Crippen MR) is 201 cm³/mol. The van der Waals surface area contributed by atoms with E-state index in [9.17, 15) is 0 Å². The van der Waals surface area contributed by atoms with E-state index in [0.29, 0.717) is 0 Å². The Labute approximate surface area is 285 Å². The molecule has 1 heterocycles. The number of aromatic nitrogens is 2. The molecule has 0 aliphatic heterocycles. The van der Waals surface area contributed by atoms with Crippen LogP contribution in [0.3, 0.4) is 0 Å². The van der Waals surface area contributed by atoms with Crippen LogP contribution in [-0.2, 0) is 31.3 Å². The maximum atomic E-state index is 2.63. The Morgan fingerprint density at radius 2 is 1.00 bits per heavy atom. The molecule has 0 amide bonds. The van der Waals surface area contributed by atoms with Gasteiger partial charge < -0.3 is 0 Å². The average molecular weight is 628 g/mol. The highest BCUT2D eigenvalue weighted by atomic mass is 15.2. The van der Waals surface area contributed by atoms with Crippen molar-refractivity contribution in [2.24, 2.45) is 0 Å². The molecule has 0 saturated carbocycles. The fraction of sp³-hybridized carbons (Fsp3) is 0.659. The Hall–Kier alpha value is -2.35. The van der Waals surface area contributed by atoms with Crippen LogP contribution in [0.15, 0.2) is 73.1 Å². The molecule has 256 valence electrons. The normalized spacial score (nSPS) is 12.8. The summed E-state index contributed by atoms with van der Waals surface area (Å²) in [5.74, 6) is 1.54. The molecule has 0 spiro atoms. The van der Waals surface area contributed by atoms with Crippen LogP contribution in [0.1, 0.15) is 173 Å². The molecular weight excluding hydrogens is 556 g/mol. The maximum absolute atomic E-state index is 2.63. The summed E-state index contributed by atoms with van der Waals surface area (Å²) in [6.07, 6.45) is 36.4. The summed E-state index contributed by atoms with van der Waals surface area (Å²) in [6.45, 7) is 9.28. The highest BCUT2D eigenvalue weighted by Crippen LogP contribution is 2.29. The van der Waals surface area contributed by atoms with Gasteiger partial charge >= 0.3 is 0 Å². The highest BCUT2D eigenvalue weighted by molar-refractivity contribution is 5.28. The second kappa shape index (κ2) is 23.9. The average Bonchev–Trinajstić information content (AvgIpc) is 3.45. The number of unbranched alkanes of at least 4 members (excludes halogenated alkanes) is 19. The summed E-state index contributed by atoms with van der Waals surface area (Å²) in [6, 6.07) is 22.4. The second-order valence-electron chi connectivity index (χ2n) is 14.6. The number of hydrogen-bond donors (Lipinski definition) is 0. The third kappa shape index (κ3) is 15.0. The first-order valence-corrected chi connectivity index (χ1v) is 19.8. The van der Waals surface area contributed by atoms with Crippen LogP contribution in [0.2, 0.25) is 0 Å². The van der Waals surface area contributed by atoms with Crippen LogP contribution in [0.4, 0.5) is 0 Å². The predicted octanol–water partition coefficient (Wildman–Crippen LogP) is 12.8. The number of nitrogens with zero attached hydrogens (tertiary/aromatic N) is 2. The minimum Gasteiger partial charge on any atom is -0.234 e. The molecule has 0 saturated heterocycles. The standard InChI is InChI=1S/C44H71N2/c1-4-6-8-10-12-14-15-16-18-20-22-30-36-45-37-38-46(43(45)35-29-21-19-17-13-11-9-7-5-2)40-44(3,42-33-27-24-28-34-42)39-41-31-25-23-26-32-41/h23-28,31-34,37-38H,4-22,29-30,35-36,39-40H2,1-3H3/q+1. The minimum atomic E-state index is 0.0305. The second-order valence-corrected chi connectivity index (χ2v) is 14.6. The first kappa shape index (κ1) is 38.1. The highest BCUT2D eigenvalue weighted by Gasteiger charge is 2.32. The molecular formula is C44H71N2+. The molecule has 2 aromatic carbocycles. The van der Waals surface area contributed by atoms with E-state index in [1.165, 1.54) is 152 Å². The quantitative estimate of drug-likeness (QED) is 0.0559. The molecule has 0 fully saturated rings. The van der Waals surface area contributed by atoms with Crippen molar-refractivity contribution in [3.05, 3.63) is 90.0 Å². The van der Waals surface area contributed by atoms with Gasteiger partial charge in [-0.25, -0.2) is 9.13 Å². The Morgan fingerprint density at radius 3 is 1.52 bits per heavy atom. The molecule has 2 nitrogen and oxygen atoms in total. The lowest BCUT2D eigenvalue weighted by atomic mass is 9.77. The molecule has 2 heteroatoms. The van der Waals surface area contributed by atoms with Gasteiger partial charge in [-0.3, -0.25) is 0 Å². The van der Waals surface area contributed by atoms with E-state index in [1.807, 2.05) is 0 Å². The van der Waals surface area contributed by atoms with Crippen LogP contribution < -0.4 is 4.57 Å². The van der Waals surface area contributed by atoms with Gasteiger partial charge in [0.2, 0.25) is 0 Å². The number of imidazole rings is 1. The van der Waals surface area contributed by atoms with Crippen molar-refractivity contribution in [3.8, 4) is 0 Å². The molecule has 3 rings (SSSR count). The van der Waals surface area contributed by atoms with Gasteiger partial charge in [0, 0.05) is 11.8 Å². The molecule has 0 bridgehead atoms. The molecule has 46 heavy (non-hydrogen) atoms. The summed E-state index contributed by atoms with van der Waals surface area (Å²) >= 11 is 0. The molecule has 0 radical (unpaired) electrons. The van der Waals surface area contributed by atoms with E-state index in [-0.39, 0.29) is 5.41 Å². The summed E-state index contributed by atoms with van der Waals surface area (Å²) in [5.41, 5.74) is 2.89. The van der Waals surface area contributed by atoms with Crippen molar-refractivity contribution in [1.82, 2.24) is 4.57 Å². The molecule has 0 aliphatic rings. The van der Waals surface area contributed by atoms with Gasteiger partial charge in [-0.05, 0) is 36.8 Å². The Balaban J connectivity index is 1.57. The Kier molecular flexibility index (Phi) is 19.8. The van der Waals surface area contributed by atoms with Crippen LogP contribution in [0, 0.1) is 0 Å². The van der Waals surface area contributed by atoms with E-state index in [0.717, 1.165) is 19.5 Å². The lowest BCUT2D eigenvalue weighted by Gasteiger charge is -2.29. The van der Waals surface area contributed by atoms with Gasteiger partial charge in [0.25, 0.3) is 5.82 Å². The lowest BCUT2D eigenvalue weighted by Crippen LogP contribution is -2.47. The van der Waals surface area contributed by atoms with Gasteiger partial charge in [-0.15, -0.1) is 0 Å². The zero-order valence-electron chi connectivity index (χ0n) is 30.5. The fourth-order valence-corrected chi connectivity index (χ4v) is 7.36. The van der Waals surface area contributed by atoms with Crippen molar-refractivity contribution in [1.29, 1.82) is 0 Å². The van der Waals surface area contributed by atoms with Crippen molar-refractivity contribution in [2.75, 3.05) is 0 Å². The minimum absolute atomic E-state index is 0.0305. The van der Waals surface area contributed by atoms with E-state index in [2.05, 4.69) is 103 Å².